The summed E-state index contributed by atoms with van der Waals surface area (Å²) >= 11 is 1.74. The molecule has 1 aromatic heterocycles. The highest BCUT2D eigenvalue weighted by Gasteiger charge is 2.09. The molecule has 2 aromatic rings. The van der Waals surface area contributed by atoms with Crippen LogP contribution in [-0.2, 0) is 0 Å². The maximum Gasteiger partial charge on any atom is 0.167 e. The van der Waals surface area contributed by atoms with Crippen LogP contribution in [0.3, 0.4) is 0 Å². The van der Waals surface area contributed by atoms with E-state index in [1.807, 2.05) is 24.3 Å². The average Bonchev–Trinajstić information content (AvgIpc) is 2.59. The predicted octanol–water partition coefficient (Wildman–Crippen LogP) is 2.56. The van der Waals surface area contributed by atoms with E-state index in [-0.39, 0.29) is 0 Å². The lowest BCUT2D eigenvalue weighted by Crippen LogP contribution is -2.20. The van der Waals surface area contributed by atoms with E-state index in [0.717, 1.165) is 16.2 Å². The zero-order valence-electron chi connectivity index (χ0n) is 9.19. The first-order valence-corrected chi connectivity index (χ1v) is 5.82. The van der Waals surface area contributed by atoms with Crippen LogP contribution in [0.4, 0.5) is 0 Å². The molecule has 0 spiro atoms. The van der Waals surface area contributed by atoms with Gasteiger partial charge in [-0.3, -0.25) is 4.90 Å². The van der Waals surface area contributed by atoms with Gasteiger partial charge in [-0.05, 0) is 33.2 Å². The van der Waals surface area contributed by atoms with E-state index in [0.29, 0.717) is 5.37 Å². The monoisotopic (exact) mass is 221 g/mol. The highest BCUT2D eigenvalue weighted by molar-refractivity contribution is 7.99. The molecule has 1 heterocycles. The van der Waals surface area contributed by atoms with Crippen molar-refractivity contribution in [2.45, 2.75) is 17.5 Å². The number of fused-ring (bicyclic) bond motifs is 1. The number of nitrogens with zero attached hydrogens (tertiary/aromatic N) is 2. The molecule has 3 nitrogen and oxygen atoms in total. The molecule has 0 bridgehead atoms. The Morgan fingerprint density at radius 2 is 2.07 bits per heavy atom. The number of imidazole rings is 1. The topological polar surface area (TPSA) is 31.9 Å². The van der Waals surface area contributed by atoms with Crippen LogP contribution < -0.4 is 0 Å². The molecule has 80 valence electrons. The summed E-state index contributed by atoms with van der Waals surface area (Å²) in [5, 5.41) is 1.41. The lowest BCUT2D eigenvalue weighted by Gasteiger charge is -2.17. The largest absolute Gasteiger partial charge is 0.333 e. The molecule has 2 rings (SSSR count). The summed E-state index contributed by atoms with van der Waals surface area (Å²) in [6.45, 7) is 2.16. The third-order valence-corrected chi connectivity index (χ3v) is 3.56. The van der Waals surface area contributed by atoms with Crippen LogP contribution in [0, 0.1) is 0 Å². The first-order valence-electron chi connectivity index (χ1n) is 4.94. The van der Waals surface area contributed by atoms with Gasteiger partial charge in [0.2, 0.25) is 0 Å². The van der Waals surface area contributed by atoms with Crippen molar-refractivity contribution in [3.63, 3.8) is 0 Å². The number of aromatic nitrogens is 2. The molecule has 0 saturated heterocycles. The lowest BCUT2D eigenvalue weighted by atomic mass is 10.3. The maximum atomic E-state index is 4.52. The second kappa shape index (κ2) is 4.24. The molecule has 0 saturated carbocycles. The van der Waals surface area contributed by atoms with E-state index in [2.05, 4.69) is 35.9 Å². The molecule has 1 N–H and O–H groups in total. The van der Waals surface area contributed by atoms with Gasteiger partial charge in [0.15, 0.2) is 5.16 Å². The van der Waals surface area contributed by atoms with Gasteiger partial charge in [-0.15, -0.1) is 0 Å². The first kappa shape index (κ1) is 10.5. The Bertz CT molecular complexity index is 417. The van der Waals surface area contributed by atoms with Gasteiger partial charge >= 0.3 is 0 Å². The summed E-state index contributed by atoms with van der Waals surface area (Å²) < 4.78 is 0. The van der Waals surface area contributed by atoms with Gasteiger partial charge in [0.05, 0.1) is 16.4 Å². The second-order valence-corrected chi connectivity index (χ2v) is 5.04. The number of para-hydroxylation sites is 2. The molecular formula is C11H15N3S. The predicted molar refractivity (Wildman–Crippen MR) is 65.1 cm³/mol. The minimum atomic E-state index is 0.422. The summed E-state index contributed by atoms with van der Waals surface area (Å²) in [5.41, 5.74) is 2.14. The minimum absolute atomic E-state index is 0.422. The van der Waals surface area contributed by atoms with Crippen molar-refractivity contribution >= 4 is 22.8 Å². The van der Waals surface area contributed by atoms with Crippen LogP contribution in [-0.4, -0.2) is 34.3 Å². The molecule has 0 aliphatic heterocycles. The molecule has 0 radical (unpaired) electrons. The van der Waals surface area contributed by atoms with Crippen molar-refractivity contribution in [1.29, 1.82) is 0 Å². The van der Waals surface area contributed by atoms with E-state index >= 15 is 0 Å². The average molecular weight is 221 g/mol. The standard InChI is InChI=1S/C11H15N3S/c1-8(14(2)3)15-11-12-9-6-4-5-7-10(9)13-11/h4-8H,1-3H3,(H,12,13). The third kappa shape index (κ3) is 2.33. The van der Waals surface area contributed by atoms with E-state index in [1.165, 1.54) is 0 Å². The van der Waals surface area contributed by atoms with E-state index in [9.17, 15) is 0 Å². The fraction of sp³-hybridized carbons (Fsp3) is 0.364. The smallest absolute Gasteiger partial charge is 0.167 e. The summed E-state index contributed by atoms with van der Waals surface area (Å²) in [5.74, 6) is 0. The Morgan fingerprint density at radius 3 is 2.73 bits per heavy atom. The molecule has 1 unspecified atom stereocenters. The zero-order valence-corrected chi connectivity index (χ0v) is 10.0. The molecular weight excluding hydrogens is 206 g/mol. The number of nitrogens with one attached hydrogen (secondary N) is 1. The van der Waals surface area contributed by atoms with Crippen molar-refractivity contribution in [3.05, 3.63) is 24.3 Å². The second-order valence-electron chi connectivity index (χ2n) is 3.74. The van der Waals surface area contributed by atoms with Crippen molar-refractivity contribution in [2.24, 2.45) is 0 Å². The van der Waals surface area contributed by atoms with Gasteiger partial charge in [-0.1, -0.05) is 23.9 Å². The first-order chi connectivity index (χ1) is 7.16. The van der Waals surface area contributed by atoms with Crippen LogP contribution in [0.1, 0.15) is 6.92 Å². The van der Waals surface area contributed by atoms with Crippen LogP contribution >= 0.6 is 11.8 Å². The molecule has 0 fully saturated rings. The Labute approximate surface area is 93.9 Å². The number of H-pyrrole nitrogens is 1. The lowest BCUT2D eigenvalue weighted by molar-refractivity contribution is 0.402. The minimum Gasteiger partial charge on any atom is -0.333 e. The zero-order chi connectivity index (χ0) is 10.8. The van der Waals surface area contributed by atoms with Gasteiger partial charge in [0.1, 0.15) is 0 Å². The molecule has 1 atom stereocenters. The molecule has 15 heavy (non-hydrogen) atoms. The summed E-state index contributed by atoms with van der Waals surface area (Å²) in [6.07, 6.45) is 0. The highest BCUT2D eigenvalue weighted by atomic mass is 32.2. The van der Waals surface area contributed by atoms with Crippen molar-refractivity contribution in [3.8, 4) is 0 Å². The normalized spacial score (nSPS) is 13.6. The fourth-order valence-electron chi connectivity index (χ4n) is 1.25. The number of rotatable bonds is 3. The van der Waals surface area contributed by atoms with Gasteiger partial charge in [-0.25, -0.2) is 4.98 Å². The van der Waals surface area contributed by atoms with E-state index in [4.69, 9.17) is 0 Å². The molecule has 0 aliphatic carbocycles. The van der Waals surface area contributed by atoms with E-state index < -0.39 is 0 Å². The number of hydrogen-bond donors (Lipinski definition) is 1. The van der Waals surface area contributed by atoms with Crippen molar-refractivity contribution in [1.82, 2.24) is 14.9 Å². The van der Waals surface area contributed by atoms with Crippen LogP contribution in [0.25, 0.3) is 11.0 Å². The summed E-state index contributed by atoms with van der Waals surface area (Å²) in [6, 6.07) is 8.10. The van der Waals surface area contributed by atoms with Gasteiger partial charge < -0.3 is 4.98 Å². The Balaban J connectivity index is 2.22. The fourth-order valence-corrected chi connectivity index (χ4v) is 2.11. The third-order valence-electron chi connectivity index (χ3n) is 2.38. The van der Waals surface area contributed by atoms with Crippen molar-refractivity contribution in [2.75, 3.05) is 14.1 Å². The summed E-state index contributed by atoms with van der Waals surface area (Å²) in [7, 11) is 4.14. The highest BCUT2D eigenvalue weighted by Crippen LogP contribution is 2.23. The van der Waals surface area contributed by atoms with Crippen LogP contribution in [0.5, 0.6) is 0 Å². The number of hydrogen-bond acceptors (Lipinski definition) is 3. The summed E-state index contributed by atoms with van der Waals surface area (Å²) in [4.78, 5) is 9.99. The van der Waals surface area contributed by atoms with Crippen LogP contribution in [0.2, 0.25) is 0 Å². The quantitative estimate of drug-likeness (QED) is 0.638. The van der Waals surface area contributed by atoms with Gasteiger partial charge in [0.25, 0.3) is 0 Å². The molecule has 0 aliphatic rings. The Kier molecular flexibility index (Phi) is 2.98. The number of benzene rings is 1. The van der Waals surface area contributed by atoms with Gasteiger partial charge in [0, 0.05) is 0 Å². The Hall–Kier alpha value is -1.00. The molecule has 4 heteroatoms. The van der Waals surface area contributed by atoms with Crippen LogP contribution in [0.15, 0.2) is 29.4 Å². The molecule has 1 aromatic carbocycles. The van der Waals surface area contributed by atoms with Crippen molar-refractivity contribution < 1.29 is 0 Å². The SMILES string of the molecule is CC(Sc1nc2ccccc2[nH]1)N(C)C. The Morgan fingerprint density at radius 1 is 1.33 bits per heavy atom. The van der Waals surface area contributed by atoms with Gasteiger partial charge in [-0.2, -0.15) is 0 Å². The number of aromatic amines is 1. The molecule has 0 amide bonds. The van der Waals surface area contributed by atoms with E-state index in [1.54, 1.807) is 11.8 Å². The maximum absolute atomic E-state index is 4.52. The number of thioether (sulfide) groups is 1.